The molecule has 5 heteroatoms. The minimum Gasteiger partial charge on any atom is -0.301 e. The van der Waals surface area contributed by atoms with Crippen LogP contribution in [0, 0.1) is 5.92 Å². The van der Waals surface area contributed by atoms with E-state index in [1.165, 1.54) is 0 Å². The topological polar surface area (TPSA) is 35.6 Å². The van der Waals surface area contributed by atoms with Crippen molar-refractivity contribution >= 4 is 28.8 Å². The Hall–Kier alpha value is 0.120. The Bertz CT molecular complexity index is 280. The number of rotatable bonds is 2. The van der Waals surface area contributed by atoms with Crippen LogP contribution in [-0.4, -0.2) is 52.2 Å². The molecule has 0 aliphatic carbocycles. The van der Waals surface area contributed by atoms with Crippen LogP contribution < -0.4 is 5.32 Å². The van der Waals surface area contributed by atoms with Gasteiger partial charge in [-0.25, -0.2) is 0 Å². The summed E-state index contributed by atoms with van der Waals surface area (Å²) in [5, 5.41) is 3.44. The molecule has 2 saturated heterocycles. The fourth-order valence-electron chi connectivity index (χ4n) is 2.68. The highest BCUT2D eigenvalue weighted by molar-refractivity contribution is 14.1. The van der Waals surface area contributed by atoms with Gasteiger partial charge in [-0.3, -0.25) is 12.8 Å². The summed E-state index contributed by atoms with van der Waals surface area (Å²) >= 11 is 2.13. The molecule has 0 aromatic carbocycles. The van der Waals surface area contributed by atoms with Crippen molar-refractivity contribution in [2.45, 2.75) is 25.8 Å². The summed E-state index contributed by atoms with van der Waals surface area (Å²) in [6.07, 6.45) is 0.948. The van der Waals surface area contributed by atoms with E-state index in [9.17, 15) is 4.79 Å². The van der Waals surface area contributed by atoms with Gasteiger partial charge in [0.05, 0.1) is 22.9 Å². The number of hydrogen-bond donors (Lipinski definition) is 1. The quantitative estimate of drug-likeness (QED) is 0.600. The molecule has 2 heterocycles. The number of nitrogens with zero attached hydrogens (tertiary/aromatic N) is 2. The van der Waals surface area contributed by atoms with E-state index in [1.54, 1.807) is 0 Å². The predicted octanol–water partition coefficient (Wildman–Crippen LogP) is 0.869. The monoisotopic (exact) mass is 337 g/mol. The van der Waals surface area contributed by atoms with E-state index in [-0.39, 0.29) is 11.4 Å². The van der Waals surface area contributed by atoms with Gasteiger partial charge in [0, 0.05) is 32.7 Å². The van der Waals surface area contributed by atoms with Gasteiger partial charge < -0.3 is 5.32 Å². The minimum atomic E-state index is -0.283. The first kappa shape index (κ1) is 12.6. The van der Waals surface area contributed by atoms with Crippen LogP contribution in [0.5, 0.6) is 0 Å². The third kappa shape index (κ3) is 2.36. The summed E-state index contributed by atoms with van der Waals surface area (Å²) in [7, 11) is 0. The molecule has 1 amide bonds. The molecule has 16 heavy (non-hydrogen) atoms. The molecule has 0 saturated carbocycles. The molecule has 2 aliphatic rings. The summed E-state index contributed by atoms with van der Waals surface area (Å²) in [4.78, 5) is 14.6. The summed E-state index contributed by atoms with van der Waals surface area (Å²) in [6, 6.07) is 0. The fraction of sp³-hybridized carbons (Fsp3) is 0.909. The van der Waals surface area contributed by atoms with Gasteiger partial charge in [-0.1, -0.05) is 13.8 Å². The summed E-state index contributed by atoms with van der Waals surface area (Å²) in [5.74, 6) is 0.934. The van der Waals surface area contributed by atoms with E-state index >= 15 is 0 Å². The second-order valence-corrected chi connectivity index (χ2v) is 6.44. The van der Waals surface area contributed by atoms with E-state index in [0.717, 1.165) is 39.1 Å². The SMILES string of the molecule is CC(C)CN1CCNC2(CCN(I)C2=O)C1. The van der Waals surface area contributed by atoms with Crippen molar-refractivity contribution in [1.82, 2.24) is 13.3 Å². The van der Waals surface area contributed by atoms with Crippen molar-refractivity contribution < 1.29 is 4.79 Å². The lowest BCUT2D eigenvalue weighted by molar-refractivity contribution is -0.129. The lowest BCUT2D eigenvalue weighted by atomic mass is 9.94. The highest BCUT2D eigenvalue weighted by atomic mass is 127. The van der Waals surface area contributed by atoms with Crippen molar-refractivity contribution in [3.05, 3.63) is 0 Å². The second-order valence-electron chi connectivity index (χ2n) is 5.28. The molecule has 0 radical (unpaired) electrons. The number of hydrogen-bond acceptors (Lipinski definition) is 3. The third-order valence-corrected chi connectivity index (χ3v) is 4.29. The van der Waals surface area contributed by atoms with E-state index in [2.05, 4.69) is 46.9 Å². The molecule has 4 nitrogen and oxygen atoms in total. The number of carbonyl (C=O) groups is 1. The molecule has 2 rings (SSSR count). The van der Waals surface area contributed by atoms with Crippen LogP contribution in [0.1, 0.15) is 20.3 Å². The molecule has 0 aromatic rings. The average Bonchev–Trinajstić information content (AvgIpc) is 2.47. The van der Waals surface area contributed by atoms with Gasteiger partial charge in [-0.05, 0) is 12.3 Å². The second kappa shape index (κ2) is 4.78. The lowest BCUT2D eigenvalue weighted by Gasteiger charge is -2.40. The molecule has 1 spiro atoms. The Morgan fingerprint density at radius 3 is 2.81 bits per heavy atom. The Morgan fingerprint density at radius 2 is 2.25 bits per heavy atom. The molecule has 0 aromatic heterocycles. The zero-order valence-electron chi connectivity index (χ0n) is 10.0. The standard InChI is InChI=1S/C11H20IN3O/c1-9(2)7-14-6-4-13-11(8-14)3-5-15(12)10(11)16/h9,13H,3-8H2,1-2H3. The molecule has 1 unspecified atom stereocenters. The van der Waals surface area contributed by atoms with Gasteiger partial charge in [0.2, 0.25) is 0 Å². The molecular formula is C11H20IN3O. The van der Waals surface area contributed by atoms with Crippen LogP contribution in [0.2, 0.25) is 0 Å². The van der Waals surface area contributed by atoms with Crippen molar-refractivity contribution in [2.24, 2.45) is 5.92 Å². The Morgan fingerprint density at radius 1 is 1.50 bits per heavy atom. The number of carbonyl (C=O) groups excluding carboxylic acids is 1. The minimum absolute atomic E-state index is 0.265. The zero-order chi connectivity index (χ0) is 11.8. The van der Waals surface area contributed by atoms with Crippen LogP contribution in [0.4, 0.5) is 0 Å². The Balaban J connectivity index is 2.03. The molecule has 2 fully saturated rings. The maximum absolute atomic E-state index is 12.1. The lowest BCUT2D eigenvalue weighted by Crippen LogP contribution is -2.63. The van der Waals surface area contributed by atoms with Crippen LogP contribution in [0.15, 0.2) is 0 Å². The van der Waals surface area contributed by atoms with Crippen molar-refractivity contribution in [3.63, 3.8) is 0 Å². The Kier molecular flexibility index (Phi) is 3.75. The fourth-order valence-corrected chi connectivity index (χ4v) is 3.39. The van der Waals surface area contributed by atoms with Crippen molar-refractivity contribution in [1.29, 1.82) is 0 Å². The normalized spacial score (nSPS) is 32.0. The van der Waals surface area contributed by atoms with Crippen molar-refractivity contribution in [3.8, 4) is 0 Å². The van der Waals surface area contributed by atoms with Crippen molar-refractivity contribution in [2.75, 3.05) is 32.7 Å². The van der Waals surface area contributed by atoms with Gasteiger partial charge in [0.1, 0.15) is 5.54 Å². The number of piperazine rings is 1. The third-order valence-electron chi connectivity index (χ3n) is 3.37. The first-order chi connectivity index (χ1) is 7.53. The van der Waals surface area contributed by atoms with E-state index in [4.69, 9.17) is 0 Å². The number of amides is 1. The van der Waals surface area contributed by atoms with Crippen LogP contribution in [0.3, 0.4) is 0 Å². The molecule has 2 aliphatic heterocycles. The molecule has 1 N–H and O–H groups in total. The van der Waals surface area contributed by atoms with E-state index in [1.807, 2.05) is 3.11 Å². The molecule has 1 atom stereocenters. The molecule has 92 valence electrons. The summed E-state index contributed by atoms with van der Waals surface area (Å²) in [5.41, 5.74) is -0.283. The summed E-state index contributed by atoms with van der Waals surface area (Å²) < 4.78 is 1.82. The number of halogens is 1. The largest absolute Gasteiger partial charge is 0.301 e. The van der Waals surface area contributed by atoms with Crippen LogP contribution in [0.25, 0.3) is 0 Å². The highest BCUT2D eigenvalue weighted by Gasteiger charge is 2.48. The molecular weight excluding hydrogens is 317 g/mol. The Labute approximate surface area is 111 Å². The molecule has 0 bridgehead atoms. The first-order valence-electron chi connectivity index (χ1n) is 5.99. The maximum atomic E-state index is 12.1. The van der Waals surface area contributed by atoms with Crippen LogP contribution >= 0.6 is 22.9 Å². The average molecular weight is 337 g/mol. The number of nitrogens with one attached hydrogen (secondary N) is 1. The maximum Gasteiger partial charge on any atom is 0.252 e. The predicted molar refractivity (Wildman–Crippen MR) is 72.4 cm³/mol. The highest BCUT2D eigenvalue weighted by Crippen LogP contribution is 2.28. The van der Waals surface area contributed by atoms with Gasteiger partial charge in [-0.15, -0.1) is 0 Å². The summed E-state index contributed by atoms with van der Waals surface area (Å²) in [6.45, 7) is 9.31. The van der Waals surface area contributed by atoms with Gasteiger partial charge >= 0.3 is 0 Å². The van der Waals surface area contributed by atoms with E-state index < -0.39 is 0 Å². The smallest absolute Gasteiger partial charge is 0.252 e. The van der Waals surface area contributed by atoms with Crippen LogP contribution in [-0.2, 0) is 4.79 Å². The first-order valence-corrected chi connectivity index (χ1v) is 6.95. The van der Waals surface area contributed by atoms with Gasteiger partial charge in [0.15, 0.2) is 0 Å². The van der Waals surface area contributed by atoms with E-state index in [0.29, 0.717) is 5.92 Å². The van der Waals surface area contributed by atoms with Gasteiger partial charge in [-0.2, -0.15) is 0 Å². The van der Waals surface area contributed by atoms with Gasteiger partial charge in [0.25, 0.3) is 5.91 Å². The zero-order valence-corrected chi connectivity index (χ0v) is 12.2.